The van der Waals surface area contributed by atoms with Gasteiger partial charge in [0.15, 0.2) is 0 Å². The summed E-state index contributed by atoms with van der Waals surface area (Å²) < 4.78 is 2.08. The number of hydrogen-bond donors (Lipinski definition) is 1. The number of H-pyrrole nitrogens is 1. The molecule has 0 amide bonds. The van der Waals surface area contributed by atoms with Crippen molar-refractivity contribution < 1.29 is 0 Å². The van der Waals surface area contributed by atoms with E-state index in [2.05, 4.69) is 80.2 Å². The van der Waals surface area contributed by atoms with Gasteiger partial charge in [-0.15, -0.1) is 0 Å². The third kappa shape index (κ3) is 5.06. The number of anilines is 1. The summed E-state index contributed by atoms with van der Waals surface area (Å²) in [6.45, 7) is 4.54. The Balaban J connectivity index is 1.37. The van der Waals surface area contributed by atoms with Crippen LogP contribution in [0.1, 0.15) is 29.1 Å². The van der Waals surface area contributed by atoms with Gasteiger partial charge in [-0.2, -0.15) is 5.10 Å². The molecule has 0 bridgehead atoms. The van der Waals surface area contributed by atoms with E-state index in [0.29, 0.717) is 0 Å². The van der Waals surface area contributed by atoms with Gasteiger partial charge in [-0.3, -0.25) is 5.10 Å². The minimum Gasteiger partial charge on any atom is -0.370 e. The fourth-order valence-corrected chi connectivity index (χ4v) is 3.63. The van der Waals surface area contributed by atoms with Crippen molar-refractivity contribution in [1.29, 1.82) is 0 Å². The van der Waals surface area contributed by atoms with Crippen LogP contribution in [0.4, 0.5) is 5.69 Å². The van der Waals surface area contributed by atoms with Crippen LogP contribution in [-0.2, 0) is 7.05 Å². The molecular formula is C24H29N5. The highest BCUT2D eigenvalue weighted by atomic mass is 15.2. The summed E-state index contributed by atoms with van der Waals surface area (Å²) >= 11 is 0. The Morgan fingerprint density at radius 1 is 0.897 bits per heavy atom. The topological polar surface area (TPSA) is 40.1 Å². The highest BCUT2D eigenvalue weighted by Gasteiger charge is 2.12. The molecule has 5 heteroatoms. The van der Waals surface area contributed by atoms with Crippen LogP contribution in [0, 0.1) is 0 Å². The largest absolute Gasteiger partial charge is 0.370 e. The average Bonchev–Trinajstić information content (AvgIpc) is 3.30. The van der Waals surface area contributed by atoms with Crippen LogP contribution in [0.25, 0.3) is 24.3 Å². The van der Waals surface area contributed by atoms with Crippen molar-refractivity contribution in [2.75, 3.05) is 38.1 Å². The van der Waals surface area contributed by atoms with E-state index in [1.54, 1.807) is 0 Å². The quantitative estimate of drug-likeness (QED) is 0.712. The molecule has 0 spiro atoms. The number of likely N-dealkylation sites (N-methyl/N-ethyl adjacent to an activating group) is 1. The lowest BCUT2D eigenvalue weighted by Crippen LogP contribution is -2.28. The summed E-state index contributed by atoms with van der Waals surface area (Å²) in [5.74, 6) is 0. The lowest BCUT2D eigenvalue weighted by Gasteiger charge is -2.22. The predicted molar refractivity (Wildman–Crippen MR) is 123 cm³/mol. The maximum Gasteiger partial charge on any atom is 0.0854 e. The van der Waals surface area contributed by atoms with Crippen LogP contribution in [0.3, 0.4) is 0 Å². The van der Waals surface area contributed by atoms with Crippen LogP contribution >= 0.6 is 0 Å². The number of nitrogens with one attached hydrogen (secondary N) is 1. The van der Waals surface area contributed by atoms with Gasteiger partial charge in [0.1, 0.15) is 0 Å². The molecule has 3 heterocycles. The van der Waals surface area contributed by atoms with Gasteiger partial charge in [0.05, 0.1) is 11.4 Å². The van der Waals surface area contributed by atoms with E-state index >= 15 is 0 Å². The second-order valence-corrected chi connectivity index (χ2v) is 7.69. The molecule has 0 atom stereocenters. The van der Waals surface area contributed by atoms with E-state index in [1.165, 1.54) is 24.2 Å². The maximum absolute atomic E-state index is 4.38. The van der Waals surface area contributed by atoms with Crippen molar-refractivity contribution in [3.8, 4) is 0 Å². The first-order chi connectivity index (χ1) is 14.2. The molecule has 4 rings (SSSR count). The number of aryl methyl sites for hydroxylation is 1. The van der Waals surface area contributed by atoms with Crippen molar-refractivity contribution in [2.24, 2.45) is 7.05 Å². The molecule has 1 aliphatic rings. The molecule has 3 aromatic rings. The number of rotatable bonds is 5. The van der Waals surface area contributed by atoms with E-state index in [1.807, 2.05) is 31.5 Å². The molecule has 1 aromatic carbocycles. The van der Waals surface area contributed by atoms with Crippen LogP contribution < -0.4 is 4.90 Å². The fraction of sp³-hybridized carbons (Fsp3) is 0.292. The molecule has 0 aliphatic carbocycles. The minimum atomic E-state index is 0.927. The minimum absolute atomic E-state index is 0.927. The molecule has 0 saturated carbocycles. The predicted octanol–water partition coefficient (Wildman–Crippen LogP) is 4.23. The third-order valence-corrected chi connectivity index (χ3v) is 5.46. The van der Waals surface area contributed by atoms with Crippen molar-refractivity contribution in [3.05, 3.63) is 71.3 Å². The number of hydrogen-bond acceptors (Lipinski definition) is 3. The summed E-state index contributed by atoms with van der Waals surface area (Å²) in [6.07, 6.45) is 11.6. The Kier molecular flexibility index (Phi) is 5.96. The third-order valence-electron chi connectivity index (χ3n) is 5.46. The summed E-state index contributed by atoms with van der Waals surface area (Å²) in [7, 11) is 4.24. The van der Waals surface area contributed by atoms with Gasteiger partial charge in [0.2, 0.25) is 0 Å². The lowest BCUT2D eigenvalue weighted by molar-refractivity contribution is 0.360. The fourth-order valence-electron chi connectivity index (χ4n) is 3.63. The van der Waals surface area contributed by atoms with E-state index < -0.39 is 0 Å². The second-order valence-electron chi connectivity index (χ2n) is 7.69. The van der Waals surface area contributed by atoms with Crippen LogP contribution in [0.15, 0.2) is 48.7 Å². The number of aromatic amines is 1. The first kappa shape index (κ1) is 19.3. The Hall–Kier alpha value is -3.05. The Morgan fingerprint density at radius 3 is 2.55 bits per heavy atom. The van der Waals surface area contributed by atoms with Gasteiger partial charge in [-0.1, -0.05) is 18.2 Å². The number of aromatic nitrogens is 3. The normalized spacial score (nSPS) is 16.1. The zero-order valence-electron chi connectivity index (χ0n) is 17.3. The molecule has 0 radical (unpaired) electrons. The van der Waals surface area contributed by atoms with Crippen LogP contribution in [0.5, 0.6) is 0 Å². The van der Waals surface area contributed by atoms with E-state index in [9.17, 15) is 0 Å². The molecule has 1 saturated heterocycles. The SMILES string of the molecule is CN1CCCN(c2ccc(C=Cc3cc(C=Cc4cccn4C)[nH]n3)cc2)CC1. The molecule has 1 fully saturated rings. The van der Waals surface area contributed by atoms with E-state index in [-0.39, 0.29) is 0 Å². The molecule has 29 heavy (non-hydrogen) atoms. The molecular weight excluding hydrogens is 358 g/mol. The second kappa shape index (κ2) is 8.97. The molecule has 1 N–H and O–H groups in total. The van der Waals surface area contributed by atoms with Gasteiger partial charge in [0, 0.05) is 44.3 Å². The first-order valence-corrected chi connectivity index (χ1v) is 10.2. The highest BCUT2D eigenvalue weighted by Crippen LogP contribution is 2.18. The van der Waals surface area contributed by atoms with Gasteiger partial charge in [-0.05, 0) is 74.1 Å². The summed E-state index contributed by atoms with van der Waals surface area (Å²) in [4.78, 5) is 4.89. The van der Waals surface area contributed by atoms with Gasteiger partial charge in [0.25, 0.3) is 0 Å². The smallest absolute Gasteiger partial charge is 0.0854 e. The summed E-state index contributed by atoms with van der Waals surface area (Å²) in [5.41, 5.74) is 5.58. The van der Waals surface area contributed by atoms with Crippen molar-refractivity contribution in [3.63, 3.8) is 0 Å². The van der Waals surface area contributed by atoms with Crippen molar-refractivity contribution in [1.82, 2.24) is 19.7 Å². The standard InChI is InChI=1S/C24H29N5/c1-27-14-4-16-29(18-17-27)24-11-7-20(8-12-24)6-9-21-19-22(26-25-21)10-13-23-5-3-15-28(23)2/h3,5-13,15,19H,4,14,16-18H2,1-2H3,(H,25,26). The average molecular weight is 388 g/mol. The Morgan fingerprint density at radius 2 is 1.76 bits per heavy atom. The molecule has 150 valence electrons. The zero-order valence-corrected chi connectivity index (χ0v) is 17.3. The first-order valence-electron chi connectivity index (χ1n) is 10.2. The van der Waals surface area contributed by atoms with Gasteiger partial charge < -0.3 is 14.4 Å². The van der Waals surface area contributed by atoms with Crippen molar-refractivity contribution >= 4 is 30.0 Å². The monoisotopic (exact) mass is 387 g/mol. The van der Waals surface area contributed by atoms with Gasteiger partial charge in [-0.25, -0.2) is 0 Å². The number of benzene rings is 1. The van der Waals surface area contributed by atoms with E-state index in [0.717, 1.165) is 36.7 Å². The highest BCUT2D eigenvalue weighted by molar-refractivity contribution is 5.72. The lowest BCUT2D eigenvalue weighted by atomic mass is 10.1. The van der Waals surface area contributed by atoms with Gasteiger partial charge >= 0.3 is 0 Å². The van der Waals surface area contributed by atoms with Crippen molar-refractivity contribution in [2.45, 2.75) is 6.42 Å². The Labute approximate surface area is 173 Å². The Bertz CT molecular complexity index is 977. The molecule has 1 aliphatic heterocycles. The summed E-state index contributed by atoms with van der Waals surface area (Å²) in [5, 5.41) is 7.46. The van der Waals surface area contributed by atoms with Crippen LogP contribution in [-0.4, -0.2) is 52.9 Å². The summed E-state index contributed by atoms with van der Waals surface area (Å²) in [6, 6.07) is 15.0. The molecule has 0 unspecified atom stereocenters. The number of nitrogens with zero attached hydrogens (tertiary/aromatic N) is 4. The zero-order chi connectivity index (χ0) is 20.1. The van der Waals surface area contributed by atoms with E-state index in [4.69, 9.17) is 0 Å². The molecule has 2 aromatic heterocycles. The maximum atomic E-state index is 4.38. The molecule has 5 nitrogen and oxygen atoms in total. The van der Waals surface area contributed by atoms with Crippen LogP contribution in [0.2, 0.25) is 0 Å².